The van der Waals surface area contributed by atoms with Crippen molar-refractivity contribution in [1.82, 2.24) is 20.4 Å². The van der Waals surface area contributed by atoms with Gasteiger partial charge in [-0.1, -0.05) is 104 Å². The SMILES string of the molecule is COC(CN1C(=O)C2(CC(C)(C)NC(C)(C)C2C)OC12CCCCCCCCCCC2)CN1C(=O)C2(CC(C)(C)NC(C)(C)C2C)OC12CCCCCCCCCCC2. The van der Waals surface area contributed by atoms with Gasteiger partial charge in [-0.15, -0.1) is 0 Å². The lowest BCUT2D eigenvalue weighted by Crippen LogP contribution is -2.70. The van der Waals surface area contributed by atoms with E-state index in [0.29, 0.717) is 25.9 Å². The van der Waals surface area contributed by atoms with E-state index in [1.807, 2.05) is 0 Å². The van der Waals surface area contributed by atoms with Crippen LogP contribution >= 0.6 is 0 Å². The molecule has 9 nitrogen and oxygen atoms in total. The van der Waals surface area contributed by atoms with E-state index in [-0.39, 0.29) is 45.8 Å². The van der Waals surface area contributed by atoms with Crippen LogP contribution in [0.2, 0.25) is 0 Å². The van der Waals surface area contributed by atoms with Gasteiger partial charge < -0.3 is 34.6 Å². The molecule has 6 rings (SSSR count). The molecule has 59 heavy (non-hydrogen) atoms. The van der Waals surface area contributed by atoms with Crippen LogP contribution in [0.1, 0.15) is 223 Å². The molecule has 2 N–H and O–H groups in total. The maximum Gasteiger partial charge on any atom is 0.257 e. The smallest absolute Gasteiger partial charge is 0.257 e. The first-order valence-electron chi connectivity index (χ1n) is 24.8. The van der Waals surface area contributed by atoms with E-state index >= 15 is 9.59 Å². The average molecular weight is 827 g/mol. The average Bonchev–Trinajstić information content (AvgIpc) is 3.48. The zero-order chi connectivity index (χ0) is 43.0. The Labute approximate surface area is 361 Å². The molecule has 0 radical (unpaired) electrons. The number of nitrogens with zero attached hydrogens (tertiary/aromatic N) is 2. The van der Waals surface area contributed by atoms with Crippen molar-refractivity contribution in [3.05, 3.63) is 0 Å². The number of hydrogen-bond acceptors (Lipinski definition) is 7. The van der Waals surface area contributed by atoms with Crippen LogP contribution < -0.4 is 10.6 Å². The number of methoxy groups -OCH3 is 1. The van der Waals surface area contributed by atoms with Crippen molar-refractivity contribution in [2.24, 2.45) is 11.8 Å². The summed E-state index contributed by atoms with van der Waals surface area (Å²) in [5.74, 6) is 0.165. The van der Waals surface area contributed by atoms with Gasteiger partial charge in [0.25, 0.3) is 11.8 Å². The van der Waals surface area contributed by atoms with Gasteiger partial charge in [0.15, 0.2) is 11.2 Å². The molecule has 2 amide bonds. The van der Waals surface area contributed by atoms with Crippen LogP contribution in [0.5, 0.6) is 0 Å². The van der Waals surface area contributed by atoms with Crippen molar-refractivity contribution >= 4 is 11.8 Å². The van der Waals surface area contributed by atoms with Crippen LogP contribution in [0.3, 0.4) is 0 Å². The lowest BCUT2D eigenvalue weighted by atomic mass is 9.65. The fourth-order valence-corrected chi connectivity index (χ4v) is 13.5. The monoisotopic (exact) mass is 827 g/mol. The molecule has 6 fully saturated rings. The third kappa shape index (κ3) is 9.65. The van der Waals surface area contributed by atoms with Gasteiger partial charge in [0.1, 0.15) is 11.4 Å². The lowest BCUT2D eigenvalue weighted by molar-refractivity contribution is -0.202. The zero-order valence-corrected chi connectivity index (χ0v) is 40.1. The van der Waals surface area contributed by atoms with E-state index in [1.54, 1.807) is 7.11 Å². The van der Waals surface area contributed by atoms with Crippen LogP contribution in [0.4, 0.5) is 0 Å². The summed E-state index contributed by atoms with van der Waals surface area (Å²) in [7, 11) is 1.79. The normalized spacial score (nSPS) is 35.9. The Balaban J connectivity index is 1.39. The van der Waals surface area contributed by atoms with Gasteiger partial charge in [0.05, 0.1) is 19.2 Å². The van der Waals surface area contributed by atoms with Gasteiger partial charge in [0, 0.05) is 53.9 Å². The molecule has 0 aromatic heterocycles. The highest BCUT2D eigenvalue weighted by Gasteiger charge is 2.70. The van der Waals surface area contributed by atoms with E-state index < -0.39 is 28.8 Å². The van der Waals surface area contributed by atoms with Crippen molar-refractivity contribution in [2.45, 2.75) is 274 Å². The van der Waals surface area contributed by atoms with Gasteiger partial charge in [-0.25, -0.2) is 0 Å². The number of carbonyl (C=O) groups excluding carboxylic acids is 2. The summed E-state index contributed by atoms with van der Waals surface area (Å²) in [5.41, 5.74) is -4.48. The molecule has 9 heteroatoms. The second kappa shape index (κ2) is 18.1. The Morgan fingerprint density at radius 3 is 1.07 bits per heavy atom. The minimum atomic E-state index is -0.944. The molecular weight excluding hydrogens is 737 g/mol. The van der Waals surface area contributed by atoms with Crippen molar-refractivity contribution in [1.29, 1.82) is 0 Å². The number of nitrogens with one attached hydrogen (secondary N) is 2. The molecule has 4 spiro atoms. The topological polar surface area (TPSA) is 92.4 Å². The third-order valence-electron chi connectivity index (χ3n) is 16.6. The molecule has 4 aliphatic heterocycles. The summed E-state index contributed by atoms with van der Waals surface area (Å²) in [4.78, 5) is 35.8. The largest absolute Gasteiger partial charge is 0.378 e. The van der Waals surface area contributed by atoms with Crippen molar-refractivity contribution in [2.75, 3.05) is 20.2 Å². The van der Waals surface area contributed by atoms with Crippen LogP contribution in [0, 0.1) is 11.8 Å². The number of piperidine rings is 2. The van der Waals surface area contributed by atoms with E-state index in [0.717, 1.165) is 77.0 Å². The molecule has 4 heterocycles. The second-order valence-electron chi connectivity index (χ2n) is 23.2. The number of rotatable bonds is 5. The molecule has 4 unspecified atom stereocenters. The maximum absolute atomic E-state index is 15.7. The summed E-state index contributed by atoms with van der Waals surface area (Å²) in [6.07, 6.45) is 25.7. The molecule has 0 aromatic rings. The van der Waals surface area contributed by atoms with E-state index in [9.17, 15) is 0 Å². The van der Waals surface area contributed by atoms with Gasteiger partial charge in [-0.05, 0) is 107 Å². The summed E-state index contributed by atoms with van der Waals surface area (Å²) >= 11 is 0. The lowest BCUT2D eigenvalue weighted by Gasteiger charge is -2.54. The first-order chi connectivity index (χ1) is 27.7. The summed E-state index contributed by atoms with van der Waals surface area (Å²) in [6, 6.07) is 0. The molecule has 4 saturated heterocycles. The molecule has 340 valence electrons. The Kier molecular flexibility index (Phi) is 14.5. The fraction of sp³-hybridized carbons (Fsp3) is 0.960. The van der Waals surface area contributed by atoms with E-state index in [1.165, 1.54) is 64.2 Å². The summed E-state index contributed by atoms with van der Waals surface area (Å²) in [6.45, 7) is 23.2. The number of hydrogen-bond donors (Lipinski definition) is 2. The maximum atomic E-state index is 15.7. The van der Waals surface area contributed by atoms with Gasteiger partial charge in [-0.2, -0.15) is 0 Å². The standard InChI is InChI=1S/C50H90N4O5/c1-38-45(7,8)51-43(3,4)36-49(38)41(55)53(47(58-49)30-26-22-18-14-12-15-19-23-27-31-47)34-40(57-11)35-54-42(56)50(37-44(5,6)52-46(9,10)39(50)2)59-48(54)32-28-24-20-16-13-17-21-25-29-33-48/h38-40,51-52H,12-37H2,1-11H3. The Bertz CT molecular complexity index is 1320. The number of amides is 2. The highest BCUT2D eigenvalue weighted by Crippen LogP contribution is 2.56. The predicted octanol–water partition coefficient (Wildman–Crippen LogP) is 10.6. The molecule has 6 aliphatic rings. The first kappa shape index (κ1) is 47.2. The summed E-state index contributed by atoms with van der Waals surface area (Å²) < 4.78 is 21.9. The first-order valence-corrected chi connectivity index (χ1v) is 24.8. The molecule has 0 bridgehead atoms. The minimum absolute atomic E-state index is 0.0409. The predicted molar refractivity (Wildman–Crippen MR) is 239 cm³/mol. The van der Waals surface area contributed by atoms with Crippen LogP contribution in [-0.4, -0.2) is 92.7 Å². The molecular formula is C50H90N4O5. The molecule has 2 saturated carbocycles. The number of carbonyl (C=O) groups is 2. The Morgan fingerprint density at radius 2 is 0.797 bits per heavy atom. The summed E-state index contributed by atoms with van der Waals surface area (Å²) in [5, 5.41) is 7.77. The van der Waals surface area contributed by atoms with Crippen molar-refractivity contribution in [3.8, 4) is 0 Å². The second-order valence-corrected chi connectivity index (χ2v) is 23.2. The van der Waals surface area contributed by atoms with Crippen LogP contribution in [0.25, 0.3) is 0 Å². The quantitative estimate of drug-likeness (QED) is 0.285. The molecule has 4 atom stereocenters. The molecule has 0 aromatic carbocycles. The third-order valence-corrected chi connectivity index (χ3v) is 16.6. The van der Waals surface area contributed by atoms with Crippen LogP contribution in [0.15, 0.2) is 0 Å². The number of ether oxygens (including phenoxy) is 3. The van der Waals surface area contributed by atoms with Gasteiger partial charge >= 0.3 is 0 Å². The highest BCUT2D eigenvalue weighted by atomic mass is 16.6. The Morgan fingerprint density at radius 1 is 0.525 bits per heavy atom. The Hall–Kier alpha value is -1.26. The van der Waals surface area contributed by atoms with Crippen molar-refractivity contribution in [3.63, 3.8) is 0 Å². The minimum Gasteiger partial charge on any atom is -0.378 e. The van der Waals surface area contributed by atoms with E-state index in [2.05, 4.69) is 89.7 Å². The van der Waals surface area contributed by atoms with Gasteiger partial charge in [-0.3, -0.25) is 9.59 Å². The fourth-order valence-electron chi connectivity index (χ4n) is 13.5. The van der Waals surface area contributed by atoms with Gasteiger partial charge in [0.2, 0.25) is 0 Å². The van der Waals surface area contributed by atoms with E-state index in [4.69, 9.17) is 14.2 Å². The highest BCUT2D eigenvalue weighted by molar-refractivity contribution is 5.90. The van der Waals surface area contributed by atoms with Crippen LogP contribution in [-0.2, 0) is 23.8 Å². The zero-order valence-electron chi connectivity index (χ0n) is 40.1. The molecule has 2 aliphatic carbocycles. The van der Waals surface area contributed by atoms with Crippen molar-refractivity contribution < 1.29 is 23.8 Å².